The second-order valence-electron chi connectivity index (χ2n) is 2.93. The highest BCUT2D eigenvalue weighted by Crippen LogP contribution is 2.31. The number of benzene rings is 1. The first-order valence-electron chi connectivity index (χ1n) is 4.19. The first kappa shape index (κ1) is 12.7. The third-order valence-corrected chi connectivity index (χ3v) is 1.82. The molecule has 7 heteroatoms. The highest BCUT2D eigenvalue weighted by atomic mass is 19.3. The van der Waals surface area contributed by atoms with Crippen LogP contribution < -0.4 is 10.5 Å². The van der Waals surface area contributed by atoms with E-state index in [0.717, 1.165) is 6.07 Å². The molecule has 0 atom stereocenters. The number of hydrogen-bond acceptors (Lipinski definition) is 2. The van der Waals surface area contributed by atoms with Gasteiger partial charge in [-0.15, -0.1) is 0 Å². The minimum absolute atomic E-state index is 0.463. The fraction of sp³-hybridized carbons (Fsp3) is 0.333. The average Bonchev–Trinajstić information content (AvgIpc) is 2.16. The zero-order valence-electron chi connectivity index (χ0n) is 7.89. The Labute approximate surface area is 87.8 Å². The molecule has 2 N–H and O–H groups in total. The van der Waals surface area contributed by atoms with E-state index in [2.05, 4.69) is 4.74 Å². The van der Waals surface area contributed by atoms with Gasteiger partial charge in [0.05, 0.1) is 12.1 Å². The Bertz CT molecular complexity index is 369. The second kappa shape index (κ2) is 4.65. The van der Waals surface area contributed by atoms with Gasteiger partial charge in [0.2, 0.25) is 0 Å². The predicted molar refractivity (Wildman–Crippen MR) is 46.0 cm³/mol. The van der Waals surface area contributed by atoms with E-state index in [1.54, 1.807) is 0 Å². The molecule has 0 fully saturated rings. The molecule has 0 aliphatic carbocycles. The van der Waals surface area contributed by atoms with Crippen LogP contribution in [0.2, 0.25) is 0 Å². The van der Waals surface area contributed by atoms with E-state index in [4.69, 9.17) is 5.73 Å². The monoisotopic (exact) mass is 241 g/mol. The number of alkyl halides is 4. The SMILES string of the molecule is NCC(F)(F)c1ccc(OC(F)F)cc1F. The number of rotatable bonds is 4. The van der Waals surface area contributed by atoms with E-state index in [0.29, 0.717) is 12.1 Å². The van der Waals surface area contributed by atoms with Crippen LogP contribution in [0.4, 0.5) is 22.0 Å². The lowest BCUT2D eigenvalue weighted by atomic mass is 10.1. The van der Waals surface area contributed by atoms with Crippen LogP contribution in [-0.4, -0.2) is 13.2 Å². The number of halogens is 5. The second-order valence-corrected chi connectivity index (χ2v) is 2.93. The van der Waals surface area contributed by atoms with Gasteiger partial charge in [-0.05, 0) is 12.1 Å². The van der Waals surface area contributed by atoms with Crippen LogP contribution in [0, 0.1) is 5.82 Å². The molecule has 16 heavy (non-hydrogen) atoms. The van der Waals surface area contributed by atoms with Gasteiger partial charge in [0.15, 0.2) is 0 Å². The molecule has 90 valence electrons. The maximum absolute atomic E-state index is 13.1. The molecule has 0 spiro atoms. The molecule has 0 saturated carbocycles. The van der Waals surface area contributed by atoms with Gasteiger partial charge < -0.3 is 10.5 Å². The Balaban J connectivity index is 3.00. The fourth-order valence-corrected chi connectivity index (χ4v) is 1.08. The van der Waals surface area contributed by atoms with Crippen LogP contribution in [0.1, 0.15) is 5.56 Å². The molecule has 1 aromatic rings. The van der Waals surface area contributed by atoms with Crippen molar-refractivity contribution in [1.29, 1.82) is 0 Å². The summed E-state index contributed by atoms with van der Waals surface area (Å²) in [4.78, 5) is 0. The van der Waals surface area contributed by atoms with Crippen LogP contribution in [0.3, 0.4) is 0 Å². The summed E-state index contributed by atoms with van der Waals surface area (Å²) in [5.74, 6) is -5.40. The normalized spacial score (nSPS) is 11.9. The van der Waals surface area contributed by atoms with Gasteiger partial charge in [0.1, 0.15) is 11.6 Å². The van der Waals surface area contributed by atoms with Crippen LogP contribution in [0.25, 0.3) is 0 Å². The summed E-state index contributed by atoms with van der Waals surface area (Å²) in [7, 11) is 0. The molecule has 2 nitrogen and oxygen atoms in total. The lowest BCUT2D eigenvalue weighted by Gasteiger charge is -2.15. The molecule has 0 aromatic heterocycles. The van der Waals surface area contributed by atoms with E-state index >= 15 is 0 Å². The molecule has 1 rings (SSSR count). The van der Waals surface area contributed by atoms with E-state index in [-0.39, 0.29) is 0 Å². The van der Waals surface area contributed by atoms with E-state index in [1.165, 1.54) is 0 Å². The van der Waals surface area contributed by atoms with Gasteiger partial charge in [0, 0.05) is 6.07 Å². The Morgan fingerprint density at radius 1 is 1.31 bits per heavy atom. The zero-order valence-corrected chi connectivity index (χ0v) is 7.89. The summed E-state index contributed by atoms with van der Waals surface area (Å²) < 4.78 is 66.4. The minimum Gasteiger partial charge on any atom is -0.435 e. The van der Waals surface area contributed by atoms with Crippen LogP contribution in [-0.2, 0) is 5.92 Å². The summed E-state index contributed by atoms with van der Waals surface area (Å²) in [5.41, 5.74) is 3.81. The number of ether oxygens (including phenoxy) is 1. The molecule has 0 amide bonds. The molecular weight excluding hydrogens is 233 g/mol. The highest BCUT2D eigenvalue weighted by Gasteiger charge is 2.32. The quantitative estimate of drug-likeness (QED) is 0.822. The van der Waals surface area contributed by atoms with E-state index in [9.17, 15) is 22.0 Å². The molecule has 0 heterocycles. The first-order valence-corrected chi connectivity index (χ1v) is 4.19. The molecule has 0 saturated heterocycles. The summed E-state index contributed by atoms with van der Waals surface area (Å²) in [6, 6.07) is 1.96. The summed E-state index contributed by atoms with van der Waals surface area (Å²) in [6.45, 7) is -4.21. The van der Waals surface area contributed by atoms with Crippen molar-refractivity contribution in [2.24, 2.45) is 5.73 Å². The molecule has 0 aliphatic heterocycles. The third kappa shape index (κ3) is 2.82. The van der Waals surface area contributed by atoms with Crippen molar-refractivity contribution in [3.63, 3.8) is 0 Å². The maximum Gasteiger partial charge on any atom is 0.387 e. The Morgan fingerprint density at radius 3 is 2.38 bits per heavy atom. The van der Waals surface area contributed by atoms with Crippen LogP contribution in [0.15, 0.2) is 18.2 Å². The molecule has 0 aliphatic rings. The van der Waals surface area contributed by atoms with Gasteiger partial charge in [-0.1, -0.05) is 0 Å². The minimum atomic E-state index is -3.53. The van der Waals surface area contributed by atoms with Crippen LogP contribution >= 0.6 is 0 Å². The maximum atomic E-state index is 13.1. The number of nitrogens with two attached hydrogens (primary N) is 1. The van der Waals surface area contributed by atoms with Gasteiger partial charge in [-0.2, -0.15) is 17.6 Å². The third-order valence-electron chi connectivity index (χ3n) is 1.82. The van der Waals surface area contributed by atoms with Crippen molar-refractivity contribution in [3.05, 3.63) is 29.6 Å². The van der Waals surface area contributed by atoms with Crippen LogP contribution in [0.5, 0.6) is 5.75 Å². The highest BCUT2D eigenvalue weighted by molar-refractivity contribution is 5.31. The van der Waals surface area contributed by atoms with Gasteiger partial charge in [0.25, 0.3) is 5.92 Å². The van der Waals surface area contributed by atoms with Crippen molar-refractivity contribution in [2.45, 2.75) is 12.5 Å². The lowest BCUT2D eigenvalue weighted by molar-refractivity contribution is -0.0501. The molecule has 0 bridgehead atoms. The summed E-state index contributed by atoms with van der Waals surface area (Å²) >= 11 is 0. The molecular formula is C9H8F5NO. The smallest absolute Gasteiger partial charge is 0.387 e. The molecule has 1 aromatic carbocycles. The summed E-state index contributed by atoms with van der Waals surface area (Å²) in [6.07, 6.45) is 0. The zero-order chi connectivity index (χ0) is 12.3. The van der Waals surface area contributed by atoms with E-state index in [1.807, 2.05) is 0 Å². The summed E-state index contributed by atoms with van der Waals surface area (Å²) in [5, 5.41) is 0. The standard InChI is InChI=1S/C9H8F5NO/c10-7-3-5(16-8(11)12)1-2-6(7)9(13,14)4-15/h1-3,8H,4,15H2. The Kier molecular flexibility index (Phi) is 3.69. The molecule has 0 unspecified atom stereocenters. The van der Waals surface area contributed by atoms with Gasteiger partial charge >= 0.3 is 6.61 Å². The van der Waals surface area contributed by atoms with Crippen molar-refractivity contribution in [1.82, 2.24) is 0 Å². The van der Waals surface area contributed by atoms with Crippen molar-refractivity contribution >= 4 is 0 Å². The number of hydrogen-bond donors (Lipinski definition) is 1. The van der Waals surface area contributed by atoms with Gasteiger partial charge in [-0.3, -0.25) is 0 Å². The fourth-order valence-electron chi connectivity index (χ4n) is 1.08. The Morgan fingerprint density at radius 2 is 1.94 bits per heavy atom. The predicted octanol–water partition coefficient (Wildman–Crippen LogP) is 2.48. The van der Waals surface area contributed by atoms with Crippen molar-refractivity contribution in [3.8, 4) is 5.75 Å². The average molecular weight is 241 g/mol. The largest absolute Gasteiger partial charge is 0.435 e. The van der Waals surface area contributed by atoms with E-state index < -0.39 is 36.2 Å². The lowest BCUT2D eigenvalue weighted by Crippen LogP contribution is -2.26. The van der Waals surface area contributed by atoms with Crippen molar-refractivity contribution < 1.29 is 26.7 Å². The van der Waals surface area contributed by atoms with Crippen molar-refractivity contribution in [2.75, 3.05) is 6.54 Å². The first-order chi connectivity index (χ1) is 7.36. The topological polar surface area (TPSA) is 35.2 Å². The van der Waals surface area contributed by atoms with Gasteiger partial charge in [-0.25, -0.2) is 4.39 Å². The molecule has 0 radical (unpaired) electrons. The Hall–Kier alpha value is -1.37.